The van der Waals surface area contributed by atoms with Gasteiger partial charge in [0.1, 0.15) is 17.6 Å². The molecular weight excluding hydrogens is 358 g/mol. The molecule has 0 radical (unpaired) electrons. The van der Waals surface area contributed by atoms with E-state index in [2.05, 4.69) is 15.3 Å². The van der Waals surface area contributed by atoms with Gasteiger partial charge in [0.2, 0.25) is 5.91 Å². The van der Waals surface area contributed by atoms with Crippen LogP contribution in [0, 0.1) is 5.92 Å². The van der Waals surface area contributed by atoms with Crippen molar-refractivity contribution >= 4 is 38.7 Å². The van der Waals surface area contributed by atoms with Gasteiger partial charge in [0.05, 0.1) is 0 Å². The molecule has 2 N–H and O–H groups in total. The molecule has 0 saturated carbocycles. The van der Waals surface area contributed by atoms with E-state index in [1.807, 2.05) is 18.7 Å². The highest BCUT2D eigenvalue weighted by Gasteiger charge is 2.27. The highest BCUT2D eigenvalue weighted by Crippen LogP contribution is 2.29. The van der Waals surface area contributed by atoms with Gasteiger partial charge < -0.3 is 15.3 Å². The zero-order valence-corrected chi connectivity index (χ0v) is 15.5. The topological polar surface area (TPSA) is 117 Å². The Morgan fingerprint density at radius 1 is 1.38 bits per heavy atom. The van der Waals surface area contributed by atoms with Crippen molar-refractivity contribution in [3.8, 4) is 0 Å². The van der Waals surface area contributed by atoms with E-state index in [1.54, 1.807) is 0 Å². The zero-order chi connectivity index (χ0) is 18.8. The lowest BCUT2D eigenvalue weighted by Gasteiger charge is -2.31. The van der Waals surface area contributed by atoms with Crippen LogP contribution in [0.3, 0.4) is 0 Å². The number of carboxylic acids is 1. The first-order valence-electron chi connectivity index (χ1n) is 8.48. The number of amides is 1. The first kappa shape index (κ1) is 18.3. The molecule has 3 heterocycles. The molecule has 1 aliphatic heterocycles. The van der Waals surface area contributed by atoms with Crippen LogP contribution in [-0.4, -0.2) is 50.6 Å². The van der Waals surface area contributed by atoms with Gasteiger partial charge in [-0.25, -0.2) is 4.98 Å². The van der Waals surface area contributed by atoms with Crippen molar-refractivity contribution < 1.29 is 14.7 Å². The number of hydrogen-bond donors (Lipinski definition) is 2. The van der Waals surface area contributed by atoms with Crippen molar-refractivity contribution in [1.82, 2.24) is 19.9 Å². The molecule has 2 aromatic heterocycles. The van der Waals surface area contributed by atoms with Crippen LogP contribution in [0.5, 0.6) is 0 Å². The maximum absolute atomic E-state index is 12.4. The number of fused-ring (bicyclic) bond motifs is 1. The Kier molecular flexibility index (Phi) is 5.21. The van der Waals surface area contributed by atoms with Gasteiger partial charge in [-0.1, -0.05) is 11.3 Å². The summed E-state index contributed by atoms with van der Waals surface area (Å²) in [7, 11) is 0. The summed E-state index contributed by atoms with van der Waals surface area (Å²) in [5, 5.41) is 12.5. The predicted octanol–water partition coefficient (Wildman–Crippen LogP) is 0.679. The molecule has 0 bridgehead atoms. The van der Waals surface area contributed by atoms with Crippen molar-refractivity contribution in [2.45, 2.75) is 39.3 Å². The highest BCUT2D eigenvalue weighted by atomic mass is 32.1. The highest BCUT2D eigenvalue weighted by molar-refractivity contribution is 7.22. The molecule has 2 aromatic rings. The second-order valence-electron chi connectivity index (χ2n) is 6.65. The smallest absolute Gasteiger partial charge is 0.323 e. The number of hydrogen-bond acceptors (Lipinski definition) is 7. The van der Waals surface area contributed by atoms with E-state index in [1.165, 1.54) is 17.7 Å². The first-order chi connectivity index (χ1) is 12.3. The van der Waals surface area contributed by atoms with Gasteiger partial charge in [0.25, 0.3) is 5.56 Å². The molecule has 0 unspecified atom stereocenters. The van der Waals surface area contributed by atoms with Crippen molar-refractivity contribution in [2.75, 3.05) is 18.0 Å². The minimum atomic E-state index is -1.10. The summed E-state index contributed by atoms with van der Waals surface area (Å²) >= 11 is 1.22. The van der Waals surface area contributed by atoms with Crippen LogP contribution < -0.4 is 15.8 Å². The first-order valence-corrected chi connectivity index (χ1v) is 9.30. The summed E-state index contributed by atoms with van der Waals surface area (Å²) in [4.78, 5) is 45.9. The van der Waals surface area contributed by atoms with Crippen LogP contribution in [0.2, 0.25) is 0 Å². The quantitative estimate of drug-likeness (QED) is 0.784. The molecule has 1 fully saturated rings. The van der Waals surface area contributed by atoms with Crippen molar-refractivity contribution in [1.29, 1.82) is 0 Å². The third-order valence-corrected chi connectivity index (χ3v) is 5.34. The molecule has 0 aliphatic carbocycles. The second-order valence-corrected chi connectivity index (χ2v) is 7.62. The molecule has 140 valence electrons. The van der Waals surface area contributed by atoms with Gasteiger partial charge in [-0.05, 0) is 26.7 Å². The maximum Gasteiger partial charge on any atom is 0.323 e. The van der Waals surface area contributed by atoms with E-state index < -0.39 is 18.1 Å². The van der Waals surface area contributed by atoms with Gasteiger partial charge in [-0.2, -0.15) is 4.98 Å². The molecule has 1 saturated heterocycles. The number of piperidine rings is 1. The van der Waals surface area contributed by atoms with E-state index in [0.29, 0.717) is 28.6 Å². The minimum absolute atomic E-state index is 0.00560. The third kappa shape index (κ3) is 3.85. The van der Waals surface area contributed by atoms with Gasteiger partial charge in [0, 0.05) is 25.0 Å². The van der Waals surface area contributed by atoms with Crippen LogP contribution in [0.25, 0.3) is 10.3 Å². The molecular formula is C16H21N5O4S. The molecule has 9 nitrogen and oxygen atoms in total. The maximum atomic E-state index is 12.4. The lowest BCUT2D eigenvalue weighted by atomic mass is 9.96. The number of anilines is 1. The van der Waals surface area contributed by atoms with E-state index >= 15 is 0 Å². The summed E-state index contributed by atoms with van der Waals surface area (Å²) in [6.45, 7) is 4.82. The Morgan fingerprint density at radius 2 is 2.08 bits per heavy atom. The van der Waals surface area contributed by atoms with Crippen LogP contribution in [0.1, 0.15) is 26.7 Å². The van der Waals surface area contributed by atoms with Crippen LogP contribution in [-0.2, 0) is 16.1 Å². The van der Waals surface area contributed by atoms with E-state index in [-0.39, 0.29) is 17.9 Å². The van der Waals surface area contributed by atoms with Crippen LogP contribution in [0.15, 0.2) is 11.1 Å². The number of thiazole rings is 1. The number of aliphatic carboxylic acids is 1. The fourth-order valence-electron chi connectivity index (χ4n) is 2.96. The zero-order valence-electron chi connectivity index (χ0n) is 14.6. The van der Waals surface area contributed by atoms with Crippen molar-refractivity contribution in [3.05, 3.63) is 16.7 Å². The average Bonchev–Trinajstić information content (AvgIpc) is 3.02. The number of carbonyl (C=O) groups excluding carboxylic acids is 1. The largest absolute Gasteiger partial charge is 0.480 e. The Bertz CT molecular complexity index is 882. The van der Waals surface area contributed by atoms with E-state index in [0.717, 1.165) is 17.4 Å². The molecule has 0 atom stereocenters. The normalized spacial score (nSPS) is 15.6. The minimum Gasteiger partial charge on any atom is -0.480 e. The summed E-state index contributed by atoms with van der Waals surface area (Å²) < 4.78 is 1.41. The SMILES string of the molecule is CC(C)NC(=O)C1CCN(c2nc3ncn(CC(=O)O)c(=O)c3s2)CC1. The molecule has 3 rings (SSSR count). The fraction of sp³-hybridized carbons (Fsp3) is 0.562. The third-order valence-electron chi connectivity index (χ3n) is 4.25. The molecule has 10 heteroatoms. The van der Waals surface area contributed by atoms with Crippen LogP contribution >= 0.6 is 11.3 Å². The Morgan fingerprint density at radius 3 is 2.69 bits per heavy atom. The summed E-state index contributed by atoms with van der Waals surface area (Å²) in [5.41, 5.74) is -0.0661. The number of aromatic nitrogens is 3. The molecule has 0 aromatic carbocycles. The number of carboxylic acid groups (broad SMARTS) is 1. The number of carbonyl (C=O) groups is 2. The van der Waals surface area contributed by atoms with Gasteiger partial charge in [0.15, 0.2) is 10.8 Å². The van der Waals surface area contributed by atoms with Gasteiger partial charge in [-0.3, -0.25) is 19.0 Å². The van der Waals surface area contributed by atoms with Crippen molar-refractivity contribution in [2.24, 2.45) is 5.92 Å². The summed E-state index contributed by atoms with van der Waals surface area (Å²) in [6.07, 6.45) is 2.67. The molecule has 0 spiro atoms. The number of rotatable bonds is 5. The lowest BCUT2D eigenvalue weighted by Crippen LogP contribution is -2.42. The monoisotopic (exact) mass is 379 g/mol. The second kappa shape index (κ2) is 7.40. The summed E-state index contributed by atoms with van der Waals surface area (Å²) in [6, 6.07) is 0.129. The van der Waals surface area contributed by atoms with Gasteiger partial charge in [-0.15, -0.1) is 0 Å². The Balaban J connectivity index is 1.74. The Hall–Kier alpha value is -2.49. The van der Waals surface area contributed by atoms with E-state index in [9.17, 15) is 14.4 Å². The van der Waals surface area contributed by atoms with Crippen molar-refractivity contribution in [3.63, 3.8) is 0 Å². The fourth-order valence-corrected chi connectivity index (χ4v) is 3.98. The van der Waals surface area contributed by atoms with Crippen LogP contribution in [0.4, 0.5) is 5.13 Å². The Labute approximate surface area is 153 Å². The molecule has 1 aliphatic rings. The molecule has 1 amide bonds. The predicted molar refractivity (Wildman–Crippen MR) is 97.5 cm³/mol. The van der Waals surface area contributed by atoms with Gasteiger partial charge >= 0.3 is 5.97 Å². The molecule has 26 heavy (non-hydrogen) atoms. The summed E-state index contributed by atoms with van der Waals surface area (Å²) in [5.74, 6) is -1.02. The van der Waals surface area contributed by atoms with E-state index in [4.69, 9.17) is 5.11 Å². The standard InChI is InChI=1S/C16H21N5O4S/c1-9(2)18-14(24)10-3-5-20(6-4-10)16-19-13-12(26-16)15(25)21(8-17-13)7-11(22)23/h8-10H,3-7H2,1-2H3,(H,18,24)(H,22,23). The number of nitrogens with zero attached hydrogens (tertiary/aromatic N) is 4. The lowest BCUT2D eigenvalue weighted by molar-refractivity contribution is -0.137. The average molecular weight is 379 g/mol. The number of nitrogens with one attached hydrogen (secondary N) is 1.